The minimum atomic E-state index is 0.534. The second-order valence-corrected chi connectivity index (χ2v) is 9.10. The summed E-state index contributed by atoms with van der Waals surface area (Å²) >= 11 is 3.45. The SMILES string of the molecule is Cn1c(Nc2ccc(Br)cc2)nc2cc(Oc3ccnc(N(C=O)CCCn4ccnc4)c3)ccc21. The van der Waals surface area contributed by atoms with Crippen LogP contribution >= 0.6 is 15.9 Å². The highest BCUT2D eigenvalue weighted by molar-refractivity contribution is 9.10. The number of imidazole rings is 2. The minimum Gasteiger partial charge on any atom is -0.457 e. The zero-order valence-electron chi connectivity index (χ0n) is 19.6. The fourth-order valence-corrected chi connectivity index (χ4v) is 4.10. The van der Waals surface area contributed by atoms with Gasteiger partial charge in [-0.05, 0) is 48.9 Å². The molecule has 0 fully saturated rings. The van der Waals surface area contributed by atoms with Gasteiger partial charge in [-0.3, -0.25) is 9.69 Å². The predicted molar refractivity (Wildman–Crippen MR) is 143 cm³/mol. The fourth-order valence-electron chi connectivity index (χ4n) is 3.84. The molecule has 0 spiro atoms. The first kappa shape index (κ1) is 23.6. The number of aromatic nitrogens is 5. The highest BCUT2D eigenvalue weighted by Gasteiger charge is 2.12. The van der Waals surface area contributed by atoms with Gasteiger partial charge in [-0.1, -0.05) is 15.9 Å². The predicted octanol–water partition coefficient (Wildman–Crippen LogP) is 5.52. The molecule has 2 aromatic carbocycles. The molecular weight excluding hydrogens is 522 g/mol. The number of benzene rings is 2. The van der Waals surface area contributed by atoms with Crippen molar-refractivity contribution < 1.29 is 9.53 Å². The summed E-state index contributed by atoms with van der Waals surface area (Å²) in [6, 6.07) is 17.2. The summed E-state index contributed by atoms with van der Waals surface area (Å²) in [7, 11) is 1.97. The van der Waals surface area contributed by atoms with Crippen LogP contribution < -0.4 is 15.0 Å². The van der Waals surface area contributed by atoms with Crippen LogP contribution in [0.1, 0.15) is 6.42 Å². The number of anilines is 3. The molecule has 0 aliphatic carbocycles. The maximum Gasteiger partial charge on any atom is 0.215 e. The summed E-state index contributed by atoms with van der Waals surface area (Å²) in [4.78, 5) is 26.4. The molecule has 1 amide bonds. The van der Waals surface area contributed by atoms with E-state index in [0.717, 1.165) is 46.5 Å². The molecule has 0 aliphatic heterocycles. The minimum absolute atomic E-state index is 0.534. The van der Waals surface area contributed by atoms with Gasteiger partial charge in [0, 0.05) is 61.0 Å². The lowest BCUT2D eigenvalue weighted by Gasteiger charge is -2.17. The quantitative estimate of drug-likeness (QED) is 0.232. The van der Waals surface area contributed by atoms with Gasteiger partial charge in [0.1, 0.15) is 17.3 Å². The van der Waals surface area contributed by atoms with E-state index < -0.39 is 0 Å². The van der Waals surface area contributed by atoms with Crippen LogP contribution in [0.25, 0.3) is 11.0 Å². The Kier molecular flexibility index (Phi) is 6.94. The molecule has 3 aromatic heterocycles. The number of fused-ring (bicyclic) bond motifs is 1. The molecule has 0 aliphatic rings. The first-order valence-electron chi connectivity index (χ1n) is 11.4. The molecule has 1 N–H and O–H groups in total. The van der Waals surface area contributed by atoms with Gasteiger partial charge in [0.05, 0.1) is 17.4 Å². The van der Waals surface area contributed by atoms with Crippen LogP contribution in [-0.4, -0.2) is 37.0 Å². The van der Waals surface area contributed by atoms with Crippen molar-refractivity contribution in [2.75, 3.05) is 16.8 Å². The maximum atomic E-state index is 11.7. The van der Waals surface area contributed by atoms with Crippen LogP contribution in [-0.2, 0) is 18.4 Å². The van der Waals surface area contributed by atoms with Crippen molar-refractivity contribution in [3.63, 3.8) is 0 Å². The van der Waals surface area contributed by atoms with Crippen LogP contribution in [0, 0.1) is 0 Å². The third kappa shape index (κ3) is 5.38. The molecule has 182 valence electrons. The van der Waals surface area contributed by atoms with Crippen molar-refractivity contribution in [1.82, 2.24) is 24.1 Å². The van der Waals surface area contributed by atoms with Crippen molar-refractivity contribution in [3.8, 4) is 11.5 Å². The van der Waals surface area contributed by atoms with E-state index in [-0.39, 0.29) is 0 Å². The smallest absolute Gasteiger partial charge is 0.215 e. The Morgan fingerprint density at radius 3 is 2.69 bits per heavy atom. The molecule has 0 saturated carbocycles. The molecule has 3 heterocycles. The van der Waals surface area contributed by atoms with Gasteiger partial charge >= 0.3 is 0 Å². The zero-order chi connectivity index (χ0) is 24.9. The summed E-state index contributed by atoms with van der Waals surface area (Å²) < 4.78 is 11.1. The molecule has 0 bridgehead atoms. The van der Waals surface area contributed by atoms with E-state index in [4.69, 9.17) is 9.72 Å². The summed E-state index contributed by atoms with van der Waals surface area (Å²) in [6.07, 6.45) is 8.60. The Hall–Kier alpha value is -4.18. The number of hydrogen-bond donors (Lipinski definition) is 1. The highest BCUT2D eigenvalue weighted by Crippen LogP contribution is 2.29. The number of hydrogen-bond acceptors (Lipinski definition) is 6. The van der Waals surface area contributed by atoms with E-state index >= 15 is 0 Å². The number of amides is 1. The first-order valence-corrected chi connectivity index (χ1v) is 12.2. The summed E-state index contributed by atoms with van der Waals surface area (Å²) in [5, 5.41) is 3.35. The number of nitrogens with one attached hydrogen (secondary N) is 1. The number of ether oxygens (including phenoxy) is 1. The number of aryl methyl sites for hydroxylation is 2. The number of pyridine rings is 1. The molecule has 9 nitrogen and oxygen atoms in total. The Labute approximate surface area is 216 Å². The van der Waals surface area contributed by atoms with Crippen molar-refractivity contribution in [1.29, 1.82) is 0 Å². The standard InChI is InChI=1S/C26H24BrN7O2/c1-32-24-8-7-21(15-23(24)31-26(32)30-20-5-3-19(27)4-6-20)36-22-9-10-29-25(16-22)34(18-35)13-2-12-33-14-11-28-17-33/h3-11,14-18H,2,12-13H2,1H3,(H,30,31). The van der Waals surface area contributed by atoms with Gasteiger partial charge in [-0.2, -0.15) is 0 Å². The van der Waals surface area contributed by atoms with Gasteiger partial charge in [-0.25, -0.2) is 15.0 Å². The fraction of sp³-hybridized carbons (Fsp3) is 0.154. The number of rotatable bonds is 10. The zero-order valence-corrected chi connectivity index (χ0v) is 21.2. The highest BCUT2D eigenvalue weighted by atomic mass is 79.9. The van der Waals surface area contributed by atoms with Crippen molar-refractivity contribution in [2.45, 2.75) is 13.0 Å². The maximum absolute atomic E-state index is 11.7. The van der Waals surface area contributed by atoms with Crippen LogP contribution in [0.15, 0.2) is 84.0 Å². The lowest BCUT2D eigenvalue weighted by Crippen LogP contribution is -2.24. The lowest BCUT2D eigenvalue weighted by atomic mass is 10.3. The van der Waals surface area contributed by atoms with E-state index in [1.165, 1.54) is 0 Å². The molecule has 0 unspecified atom stereocenters. The van der Waals surface area contributed by atoms with Crippen LogP contribution in [0.2, 0.25) is 0 Å². The topological polar surface area (TPSA) is 90.1 Å². The molecule has 5 aromatic rings. The monoisotopic (exact) mass is 545 g/mol. The average Bonchev–Trinajstić information content (AvgIpc) is 3.51. The third-order valence-corrected chi connectivity index (χ3v) is 6.23. The van der Waals surface area contributed by atoms with E-state index in [2.05, 4.69) is 31.2 Å². The van der Waals surface area contributed by atoms with Gasteiger partial charge < -0.3 is 19.2 Å². The Morgan fingerprint density at radius 1 is 1.08 bits per heavy atom. The largest absolute Gasteiger partial charge is 0.457 e. The van der Waals surface area contributed by atoms with E-state index in [1.807, 2.05) is 64.8 Å². The van der Waals surface area contributed by atoms with Gasteiger partial charge in [0.25, 0.3) is 0 Å². The number of carbonyl (C=O) groups is 1. The van der Waals surface area contributed by atoms with Gasteiger partial charge in [0.2, 0.25) is 12.4 Å². The molecule has 0 atom stereocenters. The second-order valence-electron chi connectivity index (χ2n) is 8.18. The number of carbonyl (C=O) groups excluding carboxylic acids is 1. The summed E-state index contributed by atoms with van der Waals surface area (Å²) in [6.45, 7) is 1.30. The lowest BCUT2D eigenvalue weighted by molar-refractivity contribution is -0.107. The van der Waals surface area contributed by atoms with Crippen molar-refractivity contribution in [3.05, 3.63) is 84.0 Å². The molecule has 0 saturated heterocycles. The summed E-state index contributed by atoms with van der Waals surface area (Å²) in [5.74, 6) is 2.50. The Morgan fingerprint density at radius 2 is 1.92 bits per heavy atom. The van der Waals surface area contributed by atoms with Gasteiger partial charge in [-0.15, -0.1) is 0 Å². The van der Waals surface area contributed by atoms with Crippen molar-refractivity contribution >= 4 is 50.8 Å². The van der Waals surface area contributed by atoms with Crippen LogP contribution in [0.5, 0.6) is 11.5 Å². The van der Waals surface area contributed by atoms with Crippen molar-refractivity contribution in [2.24, 2.45) is 7.05 Å². The Bertz CT molecular complexity index is 1470. The Balaban J connectivity index is 1.29. The molecule has 0 radical (unpaired) electrons. The molecule has 10 heteroatoms. The van der Waals surface area contributed by atoms with E-state index in [1.54, 1.807) is 35.8 Å². The van der Waals surface area contributed by atoms with Gasteiger partial charge in [0.15, 0.2) is 0 Å². The number of nitrogens with zero attached hydrogens (tertiary/aromatic N) is 6. The molecular formula is C26H24BrN7O2. The van der Waals surface area contributed by atoms with Crippen LogP contribution in [0.4, 0.5) is 17.5 Å². The second kappa shape index (κ2) is 10.6. The van der Waals surface area contributed by atoms with E-state index in [0.29, 0.717) is 23.9 Å². The average molecular weight is 546 g/mol. The first-order chi connectivity index (χ1) is 17.6. The van der Waals surface area contributed by atoms with E-state index in [9.17, 15) is 4.79 Å². The molecule has 5 rings (SSSR count). The molecule has 36 heavy (non-hydrogen) atoms. The third-order valence-electron chi connectivity index (χ3n) is 5.70. The summed E-state index contributed by atoms with van der Waals surface area (Å²) in [5.41, 5.74) is 2.72. The number of halogens is 1. The van der Waals surface area contributed by atoms with Crippen LogP contribution in [0.3, 0.4) is 0 Å². The normalized spacial score (nSPS) is 10.9.